The molecular weight excluding hydrogens is 265 g/mol. The SMILES string of the molecule is CC1CCCCCC1NCc1ccc(Cl)cc1Cl. The van der Waals surface area contributed by atoms with Gasteiger partial charge in [-0.1, -0.05) is 55.5 Å². The summed E-state index contributed by atoms with van der Waals surface area (Å²) >= 11 is 12.1. The Labute approximate surface area is 120 Å². The molecule has 1 N–H and O–H groups in total. The Bertz CT molecular complexity index is 392. The molecule has 1 aliphatic rings. The minimum Gasteiger partial charge on any atom is -0.310 e. The van der Waals surface area contributed by atoms with Crippen LogP contribution in [-0.4, -0.2) is 6.04 Å². The minimum absolute atomic E-state index is 0.624. The van der Waals surface area contributed by atoms with Crippen LogP contribution in [0.5, 0.6) is 0 Å². The van der Waals surface area contributed by atoms with Crippen LogP contribution in [0.15, 0.2) is 18.2 Å². The van der Waals surface area contributed by atoms with Gasteiger partial charge in [-0.05, 0) is 36.5 Å². The third-order valence-corrected chi connectivity index (χ3v) is 4.52. The molecule has 1 aromatic carbocycles. The van der Waals surface area contributed by atoms with E-state index in [2.05, 4.69) is 12.2 Å². The molecular formula is C15H21Cl2N. The second-order valence-corrected chi connectivity index (χ2v) is 6.18. The summed E-state index contributed by atoms with van der Waals surface area (Å²) in [6, 6.07) is 6.36. The molecule has 0 heterocycles. The van der Waals surface area contributed by atoms with E-state index in [0.717, 1.165) is 23.0 Å². The first-order chi connectivity index (χ1) is 8.66. The van der Waals surface area contributed by atoms with Crippen molar-refractivity contribution in [2.24, 2.45) is 5.92 Å². The third kappa shape index (κ3) is 3.88. The van der Waals surface area contributed by atoms with Gasteiger partial charge in [0.25, 0.3) is 0 Å². The fourth-order valence-electron chi connectivity index (χ4n) is 2.70. The fraction of sp³-hybridized carbons (Fsp3) is 0.600. The lowest BCUT2D eigenvalue weighted by molar-refractivity contribution is 0.356. The van der Waals surface area contributed by atoms with Crippen molar-refractivity contribution in [1.29, 1.82) is 0 Å². The Hall–Kier alpha value is -0.240. The van der Waals surface area contributed by atoms with Gasteiger partial charge in [0, 0.05) is 22.6 Å². The highest BCUT2D eigenvalue weighted by Crippen LogP contribution is 2.25. The predicted molar refractivity (Wildman–Crippen MR) is 79.3 cm³/mol. The van der Waals surface area contributed by atoms with Crippen LogP contribution in [0.3, 0.4) is 0 Å². The molecule has 0 radical (unpaired) electrons. The fourth-order valence-corrected chi connectivity index (χ4v) is 3.18. The van der Waals surface area contributed by atoms with E-state index in [1.807, 2.05) is 18.2 Å². The van der Waals surface area contributed by atoms with Crippen molar-refractivity contribution in [3.8, 4) is 0 Å². The smallest absolute Gasteiger partial charge is 0.0465 e. The molecule has 1 aliphatic carbocycles. The molecule has 3 heteroatoms. The highest BCUT2D eigenvalue weighted by Gasteiger charge is 2.19. The molecule has 0 amide bonds. The van der Waals surface area contributed by atoms with Gasteiger partial charge in [-0.2, -0.15) is 0 Å². The van der Waals surface area contributed by atoms with Gasteiger partial charge in [0.15, 0.2) is 0 Å². The Kier molecular flexibility index (Phi) is 5.35. The summed E-state index contributed by atoms with van der Waals surface area (Å²) in [6.07, 6.45) is 6.72. The van der Waals surface area contributed by atoms with Crippen molar-refractivity contribution >= 4 is 23.2 Å². The van der Waals surface area contributed by atoms with Crippen molar-refractivity contribution in [1.82, 2.24) is 5.32 Å². The summed E-state index contributed by atoms with van der Waals surface area (Å²) in [5, 5.41) is 5.12. The zero-order valence-corrected chi connectivity index (χ0v) is 12.4. The molecule has 1 aromatic rings. The van der Waals surface area contributed by atoms with Gasteiger partial charge in [0.1, 0.15) is 0 Å². The topological polar surface area (TPSA) is 12.0 Å². The second kappa shape index (κ2) is 6.79. The first kappa shape index (κ1) is 14.2. The molecule has 0 bridgehead atoms. The average Bonchev–Trinajstić information content (AvgIpc) is 2.53. The number of benzene rings is 1. The van der Waals surface area contributed by atoms with E-state index in [1.54, 1.807) is 0 Å². The molecule has 1 nitrogen and oxygen atoms in total. The normalized spacial score (nSPS) is 24.8. The number of rotatable bonds is 3. The van der Waals surface area contributed by atoms with Crippen molar-refractivity contribution in [3.63, 3.8) is 0 Å². The Balaban J connectivity index is 1.93. The maximum Gasteiger partial charge on any atom is 0.0465 e. The van der Waals surface area contributed by atoms with E-state index in [0.29, 0.717) is 11.1 Å². The van der Waals surface area contributed by atoms with Crippen molar-refractivity contribution < 1.29 is 0 Å². The lowest BCUT2D eigenvalue weighted by Crippen LogP contribution is -2.33. The van der Waals surface area contributed by atoms with E-state index in [4.69, 9.17) is 23.2 Å². The molecule has 100 valence electrons. The lowest BCUT2D eigenvalue weighted by atomic mass is 9.97. The summed E-state index contributed by atoms with van der Waals surface area (Å²) in [5.41, 5.74) is 1.14. The minimum atomic E-state index is 0.624. The Morgan fingerprint density at radius 3 is 2.72 bits per heavy atom. The second-order valence-electron chi connectivity index (χ2n) is 5.34. The maximum atomic E-state index is 6.19. The summed E-state index contributed by atoms with van der Waals surface area (Å²) in [6.45, 7) is 3.19. The summed E-state index contributed by atoms with van der Waals surface area (Å²) in [7, 11) is 0. The van der Waals surface area contributed by atoms with Crippen LogP contribution in [0, 0.1) is 5.92 Å². The quantitative estimate of drug-likeness (QED) is 0.766. The van der Waals surface area contributed by atoms with E-state index in [-0.39, 0.29) is 0 Å². The van der Waals surface area contributed by atoms with Crippen LogP contribution in [0.4, 0.5) is 0 Å². The van der Waals surface area contributed by atoms with Crippen LogP contribution in [0.25, 0.3) is 0 Å². The molecule has 2 atom stereocenters. The van der Waals surface area contributed by atoms with Gasteiger partial charge < -0.3 is 5.32 Å². The van der Waals surface area contributed by atoms with Crippen LogP contribution < -0.4 is 5.32 Å². The summed E-state index contributed by atoms with van der Waals surface area (Å²) in [5.74, 6) is 0.763. The summed E-state index contributed by atoms with van der Waals surface area (Å²) < 4.78 is 0. The number of nitrogens with one attached hydrogen (secondary N) is 1. The Morgan fingerprint density at radius 1 is 1.17 bits per heavy atom. The van der Waals surface area contributed by atoms with Crippen LogP contribution in [0.1, 0.15) is 44.6 Å². The van der Waals surface area contributed by atoms with E-state index < -0.39 is 0 Å². The first-order valence-electron chi connectivity index (χ1n) is 6.84. The molecule has 0 saturated heterocycles. The molecule has 0 aromatic heterocycles. The largest absolute Gasteiger partial charge is 0.310 e. The standard InChI is InChI=1S/C15H21Cl2N/c1-11-5-3-2-4-6-15(11)18-10-12-7-8-13(16)9-14(12)17/h7-9,11,15,18H,2-6,10H2,1H3. The highest BCUT2D eigenvalue weighted by atomic mass is 35.5. The molecule has 1 saturated carbocycles. The van der Waals surface area contributed by atoms with E-state index >= 15 is 0 Å². The van der Waals surface area contributed by atoms with Gasteiger partial charge in [-0.3, -0.25) is 0 Å². The zero-order chi connectivity index (χ0) is 13.0. The van der Waals surface area contributed by atoms with Crippen molar-refractivity contribution in [2.45, 2.75) is 51.6 Å². The van der Waals surface area contributed by atoms with Gasteiger partial charge in [-0.25, -0.2) is 0 Å². The molecule has 0 spiro atoms. The molecule has 2 unspecified atom stereocenters. The molecule has 1 fully saturated rings. The van der Waals surface area contributed by atoms with Crippen LogP contribution >= 0.6 is 23.2 Å². The highest BCUT2D eigenvalue weighted by molar-refractivity contribution is 6.35. The number of hydrogen-bond donors (Lipinski definition) is 1. The summed E-state index contributed by atoms with van der Waals surface area (Å²) in [4.78, 5) is 0. The molecule has 18 heavy (non-hydrogen) atoms. The van der Waals surface area contributed by atoms with Gasteiger partial charge >= 0.3 is 0 Å². The van der Waals surface area contributed by atoms with Gasteiger partial charge in [-0.15, -0.1) is 0 Å². The number of hydrogen-bond acceptors (Lipinski definition) is 1. The molecule has 0 aliphatic heterocycles. The number of halogens is 2. The van der Waals surface area contributed by atoms with E-state index in [9.17, 15) is 0 Å². The van der Waals surface area contributed by atoms with E-state index in [1.165, 1.54) is 32.1 Å². The average molecular weight is 286 g/mol. The van der Waals surface area contributed by atoms with Crippen LogP contribution in [-0.2, 0) is 6.54 Å². The zero-order valence-electron chi connectivity index (χ0n) is 10.9. The monoisotopic (exact) mass is 285 g/mol. The predicted octanol–water partition coefficient (Wildman–Crippen LogP) is 5.05. The van der Waals surface area contributed by atoms with Crippen molar-refractivity contribution in [2.75, 3.05) is 0 Å². The molecule has 2 rings (SSSR count). The van der Waals surface area contributed by atoms with Gasteiger partial charge in [0.05, 0.1) is 0 Å². The van der Waals surface area contributed by atoms with Crippen LogP contribution in [0.2, 0.25) is 10.0 Å². The van der Waals surface area contributed by atoms with Gasteiger partial charge in [0.2, 0.25) is 0 Å². The third-order valence-electron chi connectivity index (χ3n) is 3.93. The maximum absolute atomic E-state index is 6.19. The van der Waals surface area contributed by atoms with Crippen molar-refractivity contribution in [3.05, 3.63) is 33.8 Å². The Morgan fingerprint density at radius 2 is 1.94 bits per heavy atom. The first-order valence-corrected chi connectivity index (χ1v) is 7.59. The lowest BCUT2D eigenvalue weighted by Gasteiger charge is -2.23.